The summed E-state index contributed by atoms with van der Waals surface area (Å²) in [7, 11) is 0. The Morgan fingerprint density at radius 3 is 2.75 bits per heavy atom. The van der Waals surface area contributed by atoms with Crippen molar-refractivity contribution in [3.63, 3.8) is 0 Å². The van der Waals surface area contributed by atoms with Crippen molar-refractivity contribution in [2.75, 3.05) is 6.61 Å². The number of amidine groups is 1. The van der Waals surface area contributed by atoms with Gasteiger partial charge in [-0.25, -0.2) is 4.98 Å². The van der Waals surface area contributed by atoms with E-state index in [0.717, 1.165) is 18.5 Å². The molecule has 0 amide bonds. The fraction of sp³-hybridized carbons (Fsp3) is 0.625. The average Bonchev–Trinajstić information content (AvgIpc) is 2.97. The van der Waals surface area contributed by atoms with Gasteiger partial charge in [-0.2, -0.15) is 0 Å². The topological polar surface area (TPSA) is 72.0 Å². The number of nitrogens with one attached hydrogen (secondary N) is 1. The second kappa shape index (κ2) is 5.81. The van der Waals surface area contributed by atoms with Gasteiger partial charge in [-0.1, -0.05) is 12.8 Å². The van der Waals surface area contributed by atoms with E-state index in [1.165, 1.54) is 44.1 Å². The molecule has 3 rings (SSSR count). The number of hydrogen-bond acceptors (Lipinski definition) is 3. The first kappa shape index (κ1) is 13.4. The summed E-state index contributed by atoms with van der Waals surface area (Å²) >= 11 is 0. The van der Waals surface area contributed by atoms with Crippen LogP contribution in [0, 0.1) is 11.3 Å². The first-order chi connectivity index (χ1) is 9.74. The van der Waals surface area contributed by atoms with Crippen LogP contribution in [0.4, 0.5) is 0 Å². The number of ether oxygens (including phenoxy) is 1. The van der Waals surface area contributed by atoms with Gasteiger partial charge in [-0.3, -0.25) is 5.41 Å². The predicted molar refractivity (Wildman–Crippen MR) is 79.3 cm³/mol. The highest BCUT2D eigenvalue weighted by Crippen LogP contribution is 2.28. The molecule has 1 fully saturated rings. The lowest BCUT2D eigenvalue weighted by Crippen LogP contribution is -2.19. The molecule has 0 aliphatic heterocycles. The van der Waals surface area contributed by atoms with Crippen molar-refractivity contribution in [1.82, 2.24) is 4.98 Å². The van der Waals surface area contributed by atoms with Crippen LogP contribution < -0.4 is 10.5 Å². The monoisotopic (exact) mass is 273 g/mol. The third-order valence-corrected chi connectivity index (χ3v) is 4.49. The highest BCUT2D eigenvalue weighted by molar-refractivity contribution is 5.97. The van der Waals surface area contributed by atoms with Crippen LogP contribution in [-0.4, -0.2) is 17.4 Å². The normalized spacial score (nSPS) is 18.8. The fourth-order valence-electron chi connectivity index (χ4n) is 3.29. The van der Waals surface area contributed by atoms with Gasteiger partial charge in [-0.15, -0.1) is 0 Å². The maximum atomic E-state index is 7.74. The van der Waals surface area contributed by atoms with Crippen LogP contribution in [0.1, 0.15) is 55.3 Å². The summed E-state index contributed by atoms with van der Waals surface area (Å²) in [4.78, 5) is 4.65. The minimum Gasteiger partial charge on any atom is -0.477 e. The van der Waals surface area contributed by atoms with E-state index in [-0.39, 0.29) is 5.84 Å². The van der Waals surface area contributed by atoms with Crippen LogP contribution in [0.15, 0.2) is 6.07 Å². The lowest BCUT2D eigenvalue weighted by atomic mass is 9.95. The van der Waals surface area contributed by atoms with Crippen LogP contribution in [0.2, 0.25) is 0 Å². The van der Waals surface area contributed by atoms with E-state index >= 15 is 0 Å². The lowest BCUT2D eigenvalue weighted by molar-refractivity contribution is 0.242. The summed E-state index contributed by atoms with van der Waals surface area (Å²) in [6, 6.07) is 2.02. The summed E-state index contributed by atoms with van der Waals surface area (Å²) in [5.74, 6) is 1.28. The molecule has 0 bridgehead atoms. The zero-order valence-corrected chi connectivity index (χ0v) is 12.0. The van der Waals surface area contributed by atoms with Gasteiger partial charge < -0.3 is 10.5 Å². The molecule has 4 heteroatoms. The fourth-order valence-corrected chi connectivity index (χ4v) is 3.29. The Bertz CT molecular complexity index is 507. The van der Waals surface area contributed by atoms with Crippen LogP contribution in [-0.2, 0) is 12.8 Å². The van der Waals surface area contributed by atoms with Crippen LogP contribution in [0.3, 0.4) is 0 Å². The van der Waals surface area contributed by atoms with E-state index in [0.29, 0.717) is 24.0 Å². The quantitative estimate of drug-likeness (QED) is 0.654. The van der Waals surface area contributed by atoms with Crippen LogP contribution in [0.5, 0.6) is 5.88 Å². The van der Waals surface area contributed by atoms with Crippen LogP contribution >= 0.6 is 0 Å². The molecule has 0 atom stereocenters. The highest BCUT2D eigenvalue weighted by Gasteiger charge is 2.20. The number of aromatic nitrogens is 1. The number of pyridine rings is 1. The van der Waals surface area contributed by atoms with Crippen molar-refractivity contribution in [1.29, 1.82) is 5.41 Å². The van der Waals surface area contributed by atoms with E-state index in [1.54, 1.807) is 0 Å². The molecule has 0 aromatic carbocycles. The van der Waals surface area contributed by atoms with Crippen molar-refractivity contribution in [3.05, 3.63) is 22.9 Å². The van der Waals surface area contributed by atoms with E-state index in [9.17, 15) is 0 Å². The molecule has 4 nitrogen and oxygen atoms in total. The van der Waals surface area contributed by atoms with Crippen molar-refractivity contribution >= 4 is 5.84 Å². The Morgan fingerprint density at radius 2 is 2.00 bits per heavy atom. The summed E-state index contributed by atoms with van der Waals surface area (Å²) in [5.41, 5.74) is 8.75. The van der Waals surface area contributed by atoms with Gasteiger partial charge in [0.1, 0.15) is 5.84 Å². The van der Waals surface area contributed by atoms with Crippen molar-refractivity contribution in [2.45, 2.75) is 51.4 Å². The van der Waals surface area contributed by atoms with Gasteiger partial charge in [0.25, 0.3) is 0 Å². The van der Waals surface area contributed by atoms with Gasteiger partial charge in [0.15, 0.2) is 0 Å². The number of nitrogen functional groups attached to an aromatic ring is 1. The summed E-state index contributed by atoms with van der Waals surface area (Å²) in [6.45, 7) is 0.714. The Balaban J connectivity index is 1.81. The first-order valence-corrected chi connectivity index (χ1v) is 7.74. The van der Waals surface area contributed by atoms with Crippen LogP contribution in [0.25, 0.3) is 0 Å². The van der Waals surface area contributed by atoms with Gasteiger partial charge in [-0.05, 0) is 56.1 Å². The molecule has 20 heavy (non-hydrogen) atoms. The van der Waals surface area contributed by atoms with E-state index < -0.39 is 0 Å². The largest absolute Gasteiger partial charge is 0.477 e. The minimum atomic E-state index is 0.0623. The maximum absolute atomic E-state index is 7.74. The van der Waals surface area contributed by atoms with Crippen molar-refractivity contribution in [3.8, 4) is 5.88 Å². The van der Waals surface area contributed by atoms with Crippen molar-refractivity contribution < 1.29 is 4.74 Å². The number of nitrogens with zero attached hydrogens (tertiary/aromatic N) is 1. The number of nitrogens with two attached hydrogens (primary N) is 1. The second-order valence-electron chi connectivity index (χ2n) is 6.03. The van der Waals surface area contributed by atoms with Gasteiger partial charge in [0, 0.05) is 5.69 Å². The molecule has 1 heterocycles. The van der Waals surface area contributed by atoms with Gasteiger partial charge in [0.05, 0.1) is 12.2 Å². The second-order valence-corrected chi connectivity index (χ2v) is 6.03. The summed E-state index contributed by atoms with van der Waals surface area (Å²) in [5, 5.41) is 7.74. The SMILES string of the molecule is N=C(N)c1cc2c(nc1OCC1CCCC1)CCCC2. The molecule has 0 saturated heterocycles. The molecule has 3 N–H and O–H groups in total. The Morgan fingerprint density at radius 1 is 1.25 bits per heavy atom. The molecular formula is C16H23N3O. The zero-order valence-electron chi connectivity index (χ0n) is 12.0. The third-order valence-electron chi connectivity index (χ3n) is 4.49. The lowest BCUT2D eigenvalue weighted by Gasteiger charge is -2.19. The van der Waals surface area contributed by atoms with E-state index in [2.05, 4.69) is 4.98 Å². The number of hydrogen-bond donors (Lipinski definition) is 2. The summed E-state index contributed by atoms with van der Waals surface area (Å²) in [6.07, 6.45) is 9.59. The minimum absolute atomic E-state index is 0.0623. The third kappa shape index (κ3) is 2.79. The van der Waals surface area contributed by atoms with E-state index in [4.69, 9.17) is 15.9 Å². The highest BCUT2D eigenvalue weighted by atomic mass is 16.5. The molecule has 108 valence electrons. The molecule has 1 aromatic rings. The Kier molecular flexibility index (Phi) is 3.90. The standard InChI is InChI=1S/C16H23N3O/c17-15(18)13-9-12-7-3-4-8-14(12)19-16(13)20-10-11-5-1-2-6-11/h9,11H,1-8,10H2,(H3,17,18). The molecule has 2 aliphatic carbocycles. The average molecular weight is 273 g/mol. The number of rotatable bonds is 4. The molecule has 0 spiro atoms. The smallest absolute Gasteiger partial charge is 0.224 e. The molecule has 0 radical (unpaired) electrons. The maximum Gasteiger partial charge on any atom is 0.224 e. The van der Waals surface area contributed by atoms with Gasteiger partial charge in [0.2, 0.25) is 5.88 Å². The Hall–Kier alpha value is -1.58. The molecule has 2 aliphatic rings. The molecule has 1 aromatic heterocycles. The predicted octanol–water partition coefficient (Wildman–Crippen LogP) is 2.81. The first-order valence-electron chi connectivity index (χ1n) is 7.74. The number of fused-ring (bicyclic) bond motifs is 1. The van der Waals surface area contributed by atoms with Gasteiger partial charge >= 0.3 is 0 Å². The number of aryl methyl sites for hydroxylation is 2. The molecule has 1 saturated carbocycles. The van der Waals surface area contributed by atoms with Crippen molar-refractivity contribution in [2.24, 2.45) is 11.7 Å². The molecular weight excluding hydrogens is 250 g/mol. The molecule has 0 unspecified atom stereocenters. The Labute approximate surface area is 120 Å². The zero-order chi connectivity index (χ0) is 13.9. The van der Waals surface area contributed by atoms with E-state index in [1.807, 2.05) is 6.07 Å². The summed E-state index contributed by atoms with van der Waals surface area (Å²) < 4.78 is 5.92.